The Labute approximate surface area is 226 Å². The zero-order valence-electron chi connectivity index (χ0n) is 21.9. The maximum absolute atomic E-state index is 13.4. The number of nitrogens with one attached hydrogen (secondary N) is 2. The fourth-order valence-electron chi connectivity index (χ4n) is 5.07. The van der Waals surface area contributed by atoms with E-state index < -0.39 is 23.4 Å². The number of rotatable bonds is 11. The third kappa shape index (κ3) is 8.96. The molecule has 0 radical (unpaired) electrons. The molecule has 1 saturated heterocycles. The summed E-state index contributed by atoms with van der Waals surface area (Å²) in [6.07, 6.45) is -0.568. The normalized spacial score (nSPS) is 20.3. The maximum Gasteiger partial charge on any atom is 0.471 e. The van der Waals surface area contributed by atoms with Crippen molar-refractivity contribution >= 4 is 11.6 Å². The summed E-state index contributed by atoms with van der Waals surface area (Å²) >= 11 is 0. The molecule has 0 spiro atoms. The van der Waals surface area contributed by atoms with Crippen LogP contribution >= 0.6 is 0 Å². The highest BCUT2D eigenvalue weighted by Gasteiger charge is 2.44. The number of halogens is 4. The van der Waals surface area contributed by atoms with Crippen LogP contribution in [0.1, 0.15) is 31.2 Å². The standard InChI is InChI=1S/C29H35F4N3O3/c30-24-9-7-22(8-10-24)19-28(35-27(37)29(31,32)33)11-2-4-23(20-28)21-34-25-5-1-6-26(18-25)39-15-3-12-36-13-16-38-17-14-36/h1,5-10,18,20,34H,2-4,11-17,19,21H2,(H,35,37). The minimum atomic E-state index is -5.00. The van der Waals surface area contributed by atoms with Crippen LogP contribution in [0.5, 0.6) is 5.75 Å². The molecule has 0 saturated carbocycles. The van der Waals surface area contributed by atoms with Crippen molar-refractivity contribution < 1.29 is 31.8 Å². The van der Waals surface area contributed by atoms with Crippen molar-refractivity contribution in [2.45, 2.75) is 43.8 Å². The first-order chi connectivity index (χ1) is 18.7. The van der Waals surface area contributed by atoms with Gasteiger partial charge in [-0.25, -0.2) is 4.39 Å². The summed E-state index contributed by atoms with van der Waals surface area (Å²) in [6.45, 7) is 5.39. The fourth-order valence-corrected chi connectivity index (χ4v) is 5.07. The predicted octanol–water partition coefficient (Wildman–Crippen LogP) is 5.11. The van der Waals surface area contributed by atoms with E-state index in [9.17, 15) is 22.4 Å². The van der Waals surface area contributed by atoms with Gasteiger partial charge in [-0.3, -0.25) is 9.69 Å². The molecule has 2 aromatic rings. The summed E-state index contributed by atoms with van der Waals surface area (Å²) in [5.41, 5.74) is 1.14. The molecular weight excluding hydrogens is 514 g/mol. The van der Waals surface area contributed by atoms with E-state index in [2.05, 4.69) is 15.5 Å². The van der Waals surface area contributed by atoms with Crippen molar-refractivity contribution in [1.29, 1.82) is 0 Å². The topological polar surface area (TPSA) is 62.8 Å². The minimum Gasteiger partial charge on any atom is -0.493 e. The summed E-state index contributed by atoms with van der Waals surface area (Å²) < 4.78 is 64.2. The van der Waals surface area contributed by atoms with Crippen molar-refractivity contribution in [3.8, 4) is 5.75 Å². The molecule has 1 aliphatic heterocycles. The molecule has 4 rings (SSSR count). The molecule has 1 aliphatic carbocycles. The Morgan fingerprint density at radius 1 is 1.10 bits per heavy atom. The second-order valence-corrected chi connectivity index (χ2v) is 10.1. The number of morpholine rings is 1. The molecule has 1 atom stereocenters. The van der Waals surface area contributed by atoms with Crippen LogP contribution in [-0.2, 0) is 16.0 Å². The third-order valence-corrected chi connectivity index (χ3v) is 7.00. The summed E-state index contributed by atoms with van der Waals surface area (Å²) in [4.78, 5) is 14.3. The zero-order chi connectivity index (χ0) is 27.7. The molecule has 2 aromatic carbocycles. The summed E-state index contributed by atoms with van der Waals surface area (Å²) in [5.74, 6) is -1.67. The van der Waals surface area contributed by atoms with Crippen molar-refractivity contribution in [2.75, 3.05) is 51.3 Å². The van der Waals surface area contributed by atoms with Crippen molar-refractivity contribution in [3.05, 3.63) is 71.6 Å². The van der Waals surface area contributed by atoms with Gasteiger partial charge in [-0.2, -0.15) is 13.2 Å². The fraction of sp³-hybridized carbons (Fsp3) is 0.483. The van der Waals surface area contributed by atoms with Crippen LogP contribution < -0.4 is 15.4 Å². The van der Waals surface area contributed by atoms with Gasteiger partial charge in [0, 0.05) is 37.9 Å². The van der Waals surface area contributed by atoms with Gasteiger partial charge in [-0.1, -0.05) is 29.8 Å². The number of ether oxygens (including phenoxy) is 2. The van der Waals surface area contributed by atoms with E-state index >= 15 is 0 Å². The van der Waals surface area contributed by atoms with Gasteiger partial charge < -0.3 is 20.1 Å². The lowest BCUT2D eigenvalue weighted by Gasteiger charge is -2.37. The molecule has 1 heterocycles. The first kappa shape index (κ1) is 28.9. The van der Waals surface area contributed by atoms with Gasteiger partial charge in [-0.15, -0.1) is 0 Å². The number of amides is 1. The van der Waals surface area contributed by atoms with E-state index in [0.29, 0.717) is 38.0 Å². The highest BCUT2D eigenvalue weighted by atomic mass is 19.4. The molecular formula is C29H35F4N3O3. The molecule has 0 bridgehead atoms. The number of carbonyl (C=O) groups excluding carboxylic acids is 1. The lowest BCUT2D eigenvalue weighted by atomic mass is 9.79. The van der Waals surface area contributed by atoms with Crippen molar-refractivity contribution in [1.82, 2.24) is 10.2 Å². The van der Waals surface area contributed by atoms with Crippen LogP contribution in [0.15, 0.2) is 60.2 Å². The average Bonchev–Trinajstić information content (AvgIpc) is 2.92. The number of carbonyl (C=O) groups is 1. The molecule has 212 valence electrons. The summed E-state index contributed by atoms with van der Waals surface area (Å²) in [7, 11) is 0. The maximum atomic E-state index is 13.4. The van der Waals surface area contributed by atoms with Crippen LogP contribution in [0.25, 0.3) is 0 Å². The van der Waals surface area contributed by atoms with E-state index in [-0.39, 0.29) is 6.42 Å². The second kappa shape index (κ2) is 13.3. The highest BCUT2D eigenvalue weighted by molar-refractivity contribution is 5.82. The molecule has 1 unspecified atom stereocenters. The predicted molar refractivity (Wildman–Crippen MR) is 141 cm³/mol. The monoisotopic (exact) mass is 549 g/mol. The minimum absolute atomic E-state index is 0.131. The number of anilines is 1. The quantitative estimate of drug-likeness (QED) is 0.232. The number of hydrogen-bond donors (Lipinski definition) is 2. The Balaban J connectivity index is 1.37. The second-order valence-electron chi connectivity index (χ2n) is 10.1. The SMILES string of the molecule is O=C(NC1(Cc2ccc(F)cc2)C=C(CNc2cccc(OCCCN3CCOCC3)c2)CCC1)C(F)(F)F. The lowest BCUT2D eigenvalue weighted by Crippen LogP contribution is -2.54. The Kier molecular flexibility index (Phi) is 9.85. The number of hydrogen-bond acceptors (Lipinski definition) is 5. The molecule has 1 fully saturated rings. The Morgan fingerprint density at radius 2 is 1.87 bits per heavy atom. The van der Waals surface area contributed by atoms with Crippen molar-refractivity contribution in [3.63, 3.8) is 0 Å². The molecule has 39 heavy (non-hydrogen) atoms. The van der Waals surface area contributed by atoms with Gasteiger partial charge in [0.25, 0.3) is 0 Å². The highest BCUT2D eigenvalue weighted by Crippen LogP contribution is 2.32. The first-order valence-electron chi connectivity index (χ1n) is 13.3. The summed E-state index contributed by atoms with van der Waals surface area (Å²) in [6, 6.07) is 13.2. The van der Waals surface area contributed by atoms with E-state index in [1.807, 2.05) is 24.3 Å². The van der Waals surface area contributed by atoms with E-state index in [1.54, 1.807) is 6.08 Å². The molecule has 2 N–H and O–H groups in total. The van der Waals surface area contributed by atoms with Gasteiger partial charge >= 0.3 is 12.1 Å². The first-order valence-corrected chi connectivity index (χ1v) is 13.3. The van der Waals surface area contributed by atoms with Crippen LogP contribution in [0.3, 0.4) is 0 Å². The van der Waals surface area contributed by atoms with Crippen LogP contribution in [0.2, 0.25) is 0 Å². The molecule has 6 nitrogen and oxygen atoms in total. The van der Waals surface area contributed by atoms with Gasteiger partial charge in [-0.05, 0) is 61.9 Å². The van der Waals surface area contributed by atoms with E-state index in [0.717, 1.165) is 56.3 Å². The van der Waals surface area contributed by atoms with Gasteiger partial charge in [0.2, 0.25) is 0 Å². The van der Waals surface area contributed by atoms with E-state index in [4.69, 9.17) is 9.47 Å². The number of nitrogens with zero attached hydrogens (tertiary/aromatic N) is 1. The van der Waals surface area contributed by atoms with Gasteiger partial charge in [0.1, 0.15) is 11.6 Å². The molecule has 10 heteroatoms. The largest absolute Gasteiger partial charge is 0.493 e. The molecule has 0 aromatic heterocycles. The Hall–Kier alpha value is -3.11. The van der Waals surface area contributed by atoms with Crippen LogP contribution in [-0.4, -0.2) is 68.5 Å². The molecule has 1 amide bonds. The Bertz CT molecular complexity index is 1120. The van der Waals surface area contributed by atoms with Crippen LogP contribution in [0, 0.1) is 5.82 Å². The van der Waals surface area contributed by atoms with Gasteiger partial charge in [0.05, 0.1) is 25.4 Å². The lowest BCUT2D eigenvalue weighted by molar-refractivity contribution is -0.175. The smallest absolute Gasteiger partial charge is 0.471 e. The number of alkyl halides is 3. The van der Waals surface area contributed by atoms with Gasteiger partial charge in [0.15, 0.2) is 0 Å². The van der Waals surface area contributed by atoms with Crippen LogP contribution in [0.4, 0.5) is 23.2 Å². The third-order valence-electron chi connectivity index (χ3n) is 7.00. The zero-order valence-corrected chi connectivity index (χ0v) is 21.9. The van der Waals surface area contributed by atoms with Crippen molar-refractivity contribution in [2.24, 2.45) is 0 Å². The average molecular weight is 550 g/mol. The van der Waals surface area contributed by atoms with E-state index in [1.165, 1.54) is 24.3 Å². The molecule has 2 aliphatic rings. The summed E-state index contributed by atoms with van der Waals surface area (Å²) in [5, 5.41) is 5.57. The number of benzene rings is 2. The Morgan fingerprint density at radius 3 is 2.62 bits per heavy atom.